The Morgan fingerprint density at radius 2 is 1.24 bits per heavy atom. The molecule has 172 valence electrons. The molecule has 1 unspecified atom stereocenters. The molecule has 1 atom stereocenters. The smallest absolute Gasteiger partial charge is 0.222 e. The van der Waals surface area contributed by atoms with E-state index in [1.54, 1.807) is 0 Å². The van der Waals surface area contributed by atoms with Crippen molar-refractivity contribution in [3.05, 3.63) is 0 Å². The van der Waals surface area contributed by atoms with Gasteiger partial charge in [-0.1, -0.05) is 112 Å². The molecule has 1 aliphatic heterocycles. The zero-order chi connectivity index (χ0) is 21.4. The van der Waals surface area contributed by atoms with Gasteiger partial charge in [-0.15, -0.1) is 0 Å². The summed E-state index contributed by atoms with van der Waals surface area (Å²) in [5.74, 6) is 0.527. The average Bonchev–Trinajstić information content (AvgIpc) is 2.70. The Morgan fingerprint density at radius 3 is 1.76 bits per heavy atom. The number of hydrogen-bond acceptors (Lipinski definition) is 1. The van der Waals surface area contributed by atoms with Crippen molar-refractivity contribution >= 4 is 40.7 Å². The zero-order valence-corrected chi connectivity index (χ0v) is 21.0. The lowest BCUT2D eigenvalue weighted by atomic mass is 9.95. The Morgan fingerprint density at radius 1 is 0.759 bits per heavy atom. The van der Waals surface area contributed by atoms with Crippen LogP contribution in [0.15, 0.2) is 0 Å². The molecule has 0 N–H and O–H groups in total. The quantitative estimate of drug-likeness (QED) is 0.163. The molecule has 1 heterocycles. The Kier molecular flexibility index (Phi) is 16.0. The number of alkyl halides is 3. The van der Waals surface area contributed by atoms with Crippen molar-refractivity contribution in [2.75, 3.05) is 13.1 Å². The number of rotatable bonds is 16. The molecule has 0 saturated carbocycles. The number of carbonyl (C=O) groups excluding carboxylic acids is 1. The maximum atomic E-state index is 12.2. The van der Waals surface area contributed by atoms with Crippen molar-refractivity contribution in [2.24, 2.45) is 5.92 Å². The first kappa shape index (κ1) is 27.4. The molecule has 5 heteroatoms. The normalized spacial score (nSPS) is 16.2. The van der Waals surface area contributed by atoms with E-state index in [4.69, 9.17) is 34.8 Å². The topological polar surface area (TPSA) is 20.3 Å². The highest BCUT2D eigenvalue weighted by Gasteiger charge is 2.31. The summed E-state index contributed by atoms with van der Waals surface area (Å²) >= 11 is 18.7. The molecule has 0 bridgehead atoms. The molecule has 0 aliphatic carbocycles. The van der Waals surface area contributed by atoms with Gasteiger partial charge < -0.3 is 4.90 Å². The first-order chi connectivity index (χ1) is 13.9. The number of likely N-dealkylation sites (tertiary alicyclic amines) is 1. The summed E-state index contributed by atoms with van der Waals surface area (Å²) in [4.78, 5) is 14.2. The predicted molar refractivity (Wildman–Crippen MR) is 129 cm³/mol. The Balaban J connectivity index is 2.05. The number of amides is 1. The van der Waals surface area contributed by atoms with E-state index in [9.17, 15) is 4.79 Å². The highest BCUT2D eigenvalue weighted by Crippen LogP contribution is 2.41. The van der Waals surface area contributed by atoms with Crippen LogP contribution in [0, 0.1) is 5.92 Å². The van der Waals surface area contributed by atoms with Gasteiger partial charge in [-0.05, 0) is 38.5 Å². The number of nitrogens with zero attached hydrogens (tertiary/aromatic N) is 1. The van der Waals surface area contributed by atoms with E-state index < -0.39 is 3.79 Å². The summed E-state index contributed by atoms with van der Waals surface area (Å²) in [7, 11) is 0. The predicted octanol–water partition coefficient (Wildman–Crippen LogP) is 8.86. The molecule has 0 aromatic carbocycles. The molecule has 1 rings (SSSR count). The van der Waals surface area contributed by atoms with Crippen molar-refractivity contribution in [3.8, 4) is 0 Å². The van der Waals surface area contributed by atoms with Crippen LogP contribution in [-0.2, 0) is 4.79 Å². The van der Waals surface area contributed by atoms with Crippen LogP contribution < -0.4 is 0 Å². The molecule has 1 fully saturated rings. The summed E-state index contributed by atoms with van der Waals surface area (Å²) in [5.41, 5.74) is 0. The average molecular weight is 469 g/mol. The van der Waals surface area contributed by atoms with Crippen LogP contribution in [0.2, 0.25) is 0 Å². The molecule has 2 nitrogen and oxygen atoms in total. The van der Waals surface area contributed by atoms with Gasteiger partial charge in [0.25, 0.3) is 0 Å². The lowest BCUT2D eigenvalue weighted by molar-refractivity contribution is -0.132. The summed E-state index contributed by atoms with van der Waals surface area (Å²) in [6.07, 6.45) is 21.1. The fourth-order valence-electron chi connectivity index (χ4n) is 4.32. The van der Waals surface area contributed by atoms with Gasteiger partial charge >= 0.3 is 0 Å². The molecular formula is C24H44Cl3NO. The summed E-state index contributed by atoms with van der Waals surface area (Å²) in [6, 6.07) is 0. The SMILES string of the molecule is CCCCCCCCCC(CCCCCCCC(=O)N1CCCCC1)C(Cl)(Cl)Cl. The third-order valence-corrected chi connectivity index (χ3v) is 7.20. The first-order valence-corrected chi connectivity index (χ1v) is 13.4. The number of piperidine rings is 1. The summed E-state index contributed by atoms with van der Waals surface area (Å²) in [5, 5.41) is 0. The van der Waals surface area contributed by atoms with E-state index >= 15 is 0 Å². The largest absolute Gasteiger partial charge is 0.343 e. The summed E-state index contributed by atoms with van der Waals surface area (Å²) in [6.45, 7) is 4.19. The van der Waals surface area contributed by atoms with Crippen LogP contribution >= 0.6 is 34.8 Å². The van der Waals surface area contributed by atoms with E-state index in [0.29, 0.717) is 5.91 Å². The molecule has 0 spiro atoms. The second-order valence-corrected chi connectivity index (χ2v) is 11.3. The molecule has 1 amide bonds. The van der Waals surface area contributed by atoms with E-state index in [1.165, 1.54) is 77.0 Å². The van der Waals surface area contributed by atoms with Crippen LogP contribution in [0.25, 0.3) is 0 Å². The molecular weight excluding hydrogens is 425 g/mol. The number of carbonyl (C=O) groups is 1. The van der Waals surface area contributed by atoms with E-state index in [1.807, 2.05) is 0 Å². The van der Waals surface area contributed by atoms with Gasteiger partial charge in [0.05, 0.1) is 0 Å². The highest BCUT2D eigenvalue weighted by atomic mass is 35.6. The van der Waals surface area contributed by atoms with Crippen molar-refractivity contribution in [1.29, 1.82) is 0 Å². The number of hydrogen-bond donors (Lipinski definition) is 0. The fraction of sp³-hybridized carbons (Fsp3) is 0.958. The lowest BCUT2D eigenvalue weighted by Crippen LogP contribution is -2.35. The van der Waals surface area contributed by atoms with Crippen LogP contribution in [0.5, 0.6) is 0 Å². The van der Waals surface area contributed by atoms with Crippen LogP contribution in [0.1, 0.15) is 122 Å². The van der Waals surface area contributed by atoms with Gasteiger partial charge in [-0.25, -0.2) is 0 Å². The standard InChI is InChI=1S/C24H44Cl3NO/c1-2-3-4-5-6-8-12-17-22(24(25,26)27)18-13-9-7-10-14-19-23(29)28-20-15-11-16-21-28/h22H,2-21H2,1H3. The third-order valence-electron chi connectivity index (χ3n) is 6.27. The molecule has 29 heavy (non-hydrogen) atoms. The highest BCUT2D eigenvalue weighted by molar-refractivity contribution is 6.67. The molecule has 0 radical (unpaired) electrons. The van der Waals surface area contributed by atoms with Gasteiger partial charge in [0.1, 0.15) is 0 Å². The van der Waals surface area contributed by atoms with Gasteiger partial charge in [-0.2, -0.15) is 0 Å². The monoisotopic (exact) mass is 467 g/mol. The van der Waals surface area contributed by atoms with Crippen LogP contribution in [0.3, 0.4) is 0 Å². The number of unbranched alkanes of at least 4 members (excludes halogenated alkanes) is 10. The van der Waals surface area contributed by atoms with Crippen molar-refractivity contribution in [2.45, 2.75) is 126 Å². The Bertz CT molecular complexity index is 405. The van der Waals surface area contributed by atoms with Crippen molar-refractivity contribution < 1.29 is 4.79 Å². The van der Waals surface area contributed by atoms with Crippen LogP contribution in [0.4, 0.5) is 0 Å². The minimum absolute atomic E-state index is 0.170. The van der Waals surface area contributed by atoms with E-state index in [-0.39, 0.29) is 5.92 Å². The van der Waals surface area contributed by atoms with E-state index in [0.717, 1.165) is 51.6 Å². The van der Waals surface area contributed by atoms with Gasteiger partial charge in [-0.3, -0.25) is 4.79 Å². The maximum absolute atomic E-state index is 12.2. The van der Waals surface area contributed by atoms with Gasteiger partial charge in [0, 0.05) is 25.4 Å². The molecule has 0 aromatic heterocycles. The second kappa shape index (κ2) is 17.0. The van der Waals surface area contributed by atoms with Gasteiger partial charge in [0.15, 0.2) is 3.79 Å². The van der Waals surface area contributed by atoms with Crippen molar-refractivity contribution in [1.82, 2.24) is 4.90 Å². The molecule has 0 aromatic rings. The zero-order valence-electron chi connectivity index (χ0n) is 18.7. The third kappa shape index (κ3) is 14.1. The molecule has 1 saturated heterocycles. The van der Waals surface area contributed by atoms with Crippen molar-refractivity contribution in [3.63, 3.8) is 0 Å². The van der Waals surface area contributed by atoms with E-state index in [2.05, 4.69) is 11.8 Å². The lowest BCUT2D eigenvalue weighted by Gasteiger charge is -2.26. The second-order valence-electron chi connectivity index (χ2n) is 8.90. The van der Waals surface area contributed by atoms with Crippen LogP contribution in [-0.4, -0.2) is 27.7 Å². The fourth-order valence-corrected chi connectivity index (χ4v) is 4.97. The Labute approximate surface area is 195 Å². The summed E-state index contributed by atoms with van der Waals surface area (Å²) < 4.78 is -1.14. The first-order valence-electron chi connectivity index (χ1n) is 12.3. The molecule has 1 aliphatic rings. The minimum Gasteiger partial charge on any atom is -0.343 e. The minimum atomic E-state index is -1.14. The van der Waals surface area contributed by atoms with Gasteiger partial charge in [0.2, 0.25) is 5.91 Å². The number of halogens is 3. The Hall–Kier alpha value is 0.340. The maximum Gasteiger partial charge on any atom is 0.222 e.